The van der Waals surface area contributed by atoms with Crippen LogP contribution in [0.2, 0.25) is 0 Å². The molecule has 0 aliphatic heterocycles. The van der Waals surface area contributed by atoms with E-state index < -0.39 is 0 Å². The van der Waals surface area contributed by atoms with E-state index in [1.807, 2.05) is 45.0 Å². The molecule has 94 valence electrons. The molecule has 0 saturated carbocycles. The number of hydrogen-bond donors (Lipinski definition) is 1. The molecule has 0 saturated heterocycles. The van der Waals surface area contributed by atoms with Crippen molar-refractivity contribution in [3.8, 4) is 11.6 Å². The lowest BCUT2D eigenvalue weighted by Crippen LogP contribution is -2.04. The number of aromatic nitrogens is 2. The van der Waals surface area contributed by atoms with Crippen molar-refractivity contribution < 1.29 is 4.74 Å². The number of rotatable bonds is 3. The lowest BCUT2D eigenvalue weighted by Gasteiger charge is -2.13. The Morgan fingerprint density at radius 3 is 2.67 bits per heavy atom. The molecule has 1 heterocycles. The maximum atomic E-state index is 5.87. The van der Waals surface area contributed by atoms with Crippen molar-refractivity contribution in [1.82, 2.24) is 9.97 Å². The molecule has 2 rings (SSSR count). The molecule has 4 nitrogen and oxygen atoms in total. The van der Waals surface area contributed by atoms with Gasteiger partial charge in [0.15, 0.2) is 0 Å². The highest BCUT2D eigenvalue weighted by atomic mass is 16.5. The van der Waals surface area contributed by atoms with Crippen LogP contribution in [0.3, 0.4) is 0 Å². The summed E-state index contributed by atoms with van der Waals surface area (Å²) in [5.74, 6) is 1.98. The lowest BCUT2D eigenvalue weighted by molar-refractivity contribution is 0.451. The van der Waals surface area contributed by atoms with E-state index in [-0.39, 0.29) is 5.92 Å². The summed E-state index contributed by atoms with van der Waals surface area (Å²) in [5.41, 5.74) is 7.86. The van der Waals surface area contributed by atoms with Crippen LogP contribution in [0.15, 0.2) is 30.6 Å². The molecule has 1 aromatic carbocycles. The highest BCUT2D eigenvalue weighted by Gasteiger charge is 2.14. The topological polar surface area (TPSA) is 61.0 Å². The minimum absolute atomic E-state index is 0.214. The first-order valence-corrected chi connectivity index (χ1v) is 5.93. The molecule has 0 aliphatic carbocycles. The van der Waals surface area contributed by atoms with Crippen molar-refractivity contribution in [2.75, 3.05) is 5.73 Å². The zero-order valence-electron chi connectivity index (χ0n) is 10.8. The van der Waals surface area contributed by atoms with Crippen LogP contribution in [-0.2, 0) is 0 Å². The predicted octanol–water partition coefficient (Wildman–Crippen LogP) is 3.28. The molecule has 0 fully saturated rings. The van der Waals surface area contributed by atoms with Gasteiger partial charge < -0.3 is 10.5 Å². The summed E-state index contributed by atoms with van der Waals surface area (Å²) in [5, 5.41) is 0. The predicted molar refractivity (Wildman–Crippen MR) is 71.8 cm³/mol. The van der Waals surface area contributed by atoms with Gasteiger partial charge in [-0.25, -0.2) is 9.97 Å². The van der Waals surface area contributed by atoms with Gasteiger partial charge in [0.25, 0.3) is 0 Å². The Hall–Kier alpha value is -2.10. The second kappa shape index (κ2) is 5.04. The van der Waals surface area contributed by atoms with Gasteiger partial charge in [-0.05, 0) is 30.5 Å². The van der Waals surface area contributed by atoms with Crippen LogP contribution in [0.25, 0.3) is 0 Å². The normalized spacial score (nSPS) is 10.7. The van der Waals surface area contributed by atoms with E-state index in [2.05, 4.69) is 9.97 Å². The number of benzene rings is 1. The van der Waals surface area contributed by atoms with E-state index >= 15 is 0 Å². The summed E-state index contributed by atoms with van der Waals surface area (Å²) in [6.45, 7) is 6.10. The molecule has 2 N–H and O–H groups in total. The Kier molecular flexibility index (Phi) is 3.46. The van der Waals surface area contributed by atoms with Crippen LogP contribution in [0.4, 0.5) is 5.82 Å². The number of nitrogens with zero attached hydrogens (tertiary/aromatic N) is 2. The third-order valence-corrected chi connectivity index (χ3v) is 2.66. The molecule has 0 unspecified atom stereocenters. The van der Waals surface area contributed by atoms with E-state index in [0.29, 0.717) is 11.7 Å². The minimum atomic E-state index is 0.214. The highest BCUT2D eigenvalue weighted by Crippen LogP contribution is 2.31. The van der Waals surface area contributed by atoms with E-state index in [9.17, 15) is 0 Å². The standard InChI is InChI=1S/C14H17N3O/c1-9(2)12-13(15)16-8-17-14(12)18-11-6-4-5-10(3)7-11/h4-9H,1-3H3,(H2,15,16,17). The first kappa shape index (κ1) is 12.4. The van der Waals surface area contributed by atoms with Gasteiger partial charge in [0.2, 0.25) is 5.88 Å². The van der Waals surface area contributed by atoms with Gasteiger partial charge in [-0.3, -0.25) is 0 Å². The second-order valence-electron chi connectivity index (χ2n) is 4.55. The van der Waals surface area contributed by atoms with Crippen molar-refractivity contribution in [2.24, 2.45) is 0 Å². The molecule has 1 aromatic heterocycles. The van der Waals surface area contributed by atoms with Crippen LogP contribution < -0.4 is 10.5 Å². The van der Waals surface area contributed by atoms with Crippen molar-refractivity contribution >= 4 is 5.82 Å². The van der Waals surface area contributed by atoms with E-state index in [1.165, 1.54) is 6.33 Å². The third-order valence-electron chi connectivity index (χ3n) is 2.66. The van der Waals surface area contributed by atoms with Gasteiger partial charge in [-0.1, -0.05) is 26.0 Å². The maximum Gasteiger partial charge on any atom is 0.227 e. The summed E-state index contributed by atoms with van der Waals surface area (Å²) in [6, 6.07) is 7.83. The van der Waals surface area contributed by atoms with E-state index in [0.717, 1.165) is 16.9 Å². The molecule has 0 atom stereocenters. The van der Waals surface area contributed by atoms with Crippen LogP contribution >= 0.6 is 0 Å². The average Bonchev–Trinajstić information content (AvgIpc) is 2.28. The molecular weight excluding hydrogens is 226 g/mol. The largest absolute Gasteiger partial charge is 0.439 e. The Bertz CT molecular complexity index is 552. The fraction of sp³-hybridized carbons (Fsp3) is 0.286. The number of nitrogen functional groups attached to an aromatic ring is 1. The second-order valence-corrected chi connectivity index (χ2v) is 4.55. The average molecular weight is 243 g/mol. The zero-order valence-corrected chi connectivity index (χ0v) is 10.8. The minimum Gasteiger partial charge on any atom is -0.439 e. The van der Waals surface area contributed by atoms with Gasteiger partial charge in [-0.2, -0.15) is 0 Å². The Morgan fingerprint density at radius 2 is 2.00 bits per heavy atom. The van der Waals surface area contributed by atoms with Gasteiger partial charge in [0.1, 0.15) is 17.9 Å². The fourth-order valence-electron chi connectivity index (χ4n) is 1.81. The maximum absolute atomic E-state index is 5.87. The number of anilines is 1. The molecular formula is C14H17N3O. The number of hydrogen-bond acceptors (Lipinski definition) is 4. The Balaban J connectivity index is 2.37. The molecule has 0 aliphatic rings. The smallest absolute Gasteiger partial charge is 0.227 e. The van der Waals surface area contributed by atoms with Crippen molar-refractivity contribution in [1.29, 1.82) is 0 Å². The Labute approximate surface area is 107 Å². The van der Waals surface area contributed by atoms with Crippen LogP contribution in [0.5, 0.6) is 11.6 Å². The molecule has 0 bridgehead atoms. The number of aryl methyl sites for hydroxylation is 1. The molecule has 0 amide bonds. The van der Waals surface area contributed by atoms with Crippen molar-refractivity contribution in [3.05, 3.63) is 41.7 Å². The van der Waals surface area contributed by atoms with Crippen LogP contribution in [-0.4, -0.2) is 9.97 Å². The third kappa shape index (κ3) is 2.59. The van der Waals surface area contributed by atoms with Gasteiger partial charge in [0.05, 0.1) is 5.56 Å². The highest BCUT2D eigenvalue weighted by molar-refractivity contribution is 5.48. The van der Waals surface area contributed by atoms with Crippen LogP contribution in [0.1, 0.15) is 30.9 Å². The molecule has 4 heteroatoms. The van der Waals surface area contributed by atoms with Gasteiger partial charge in [-0.15, -0.1) is 0 Å². The van der Waals surface area contributed by atoms with Crippen molar-refractivity contribution in [3.63, 3.8) is 0 Å². The van der Waals surface area contributed by atoms with Crippen LogP contribution in [0, 0.1) is 6.92 Å². The summed E-state index contributed by atoms with van der Waals surface area (Å²) in [4.78, 5) is 8.18. The Morgan fingerprint density at radius 1 is 1.22 bits per heavy atom. The first-order valence-electron chi connectivity index (χ1n) is 5.93. The molecule has 18 heavy (non-hydrogen) atoms. The van der Waals surface area contributed by atoms with Gasteiger partial charge in [0, 0.05) is 0 Å². The van der Waals surface area contributed by atoms with Crippen molar-refractivity contribution in [2.45, 2.75) is 26.7 Å². The monoisotopic (exact) mass is 243 g/mol. The van der Waals surface area contributed by atoms with Gasteiger partial charge >= 0.3 is 0 Å². The van der Waals surface area contributed by atoms with E-state index in [4.69, 9.17) is 10.5 Å². The summed E-state index contributed by atoms with van der Waals surface area (Å²) < 4.78 is 5.80. The SMILES string of the molecule is Cc1cccc(Oc2ncnc(N)c2C(C)C)c1. The molecule has 2 aromatic rings. The summed E-state index contributed by atoms with van der Waals surface area (Å²) in [6.07, 6.45) is 1.42. The quantitative estimate of drug-likeness (QED) is 0.898. The summed E-state index contributed by atoms with van der Waals surface area (Å²) >= 11 is 0. The summed E-state index contributed by atoms with van der Waals surface area (Å²) in [7, 11) is 0. The fourth-order valence-corrected chi connectivity index (χ4v) is 1.81. The number of ether oxygens (including phenoxy) is 1. The molecule has 0 radical (unpaired) electrons. The number of nitrogens with two attached hydrogens (primary N) is 1. The van der Waals surface area contributed by atoms with E-state index in [1.54, 1.807) is 0 Å². The first-order chi connectivity index (χ1) is 8.58. The molecule has 0 spiro atoms. The zero-order chi connectivity index (χ0) is 13.1. The lowest BCUT2D eigenvalue weighted by atomic mass is 10.1.